The predicted octanol–water partition coefficient (Wildman–Crippen LogP) is 1.88. The zero-order valence-electron chi connectivity index (χ0n) is 12.5. The highest BCUT2D eigenvalue weighted by molar-refractivity contribution is 5.91. The Kier molecular flexibility index (Phi) is 6.50. The number of nitrogens with zero attached hydrogens (tertiary/aromatic N) is 1. The molecule has 0 aliphatic heterocycles. The summed E-state index contributed by atoms with van der Waals surface area (Å²) < 4.78 is 0. The van der Waals surface area contributed by atoms with Crippen LogP contribution in [0.2, 0.25) is 0 Å². The zero-order valence-corrected chi connectivity index (χ0v) is 12.5. The van der Waals surface area contributed by atoms with Crippen molar-refractivity contribution < 1.29 is 9.59 Å². The van der Waals surface area contributed by atoms with Crippen molar-refractivity contribution in [2.24, 2.45) is 5.41 Å². The predicted molar refractivity (Wildman–Crippen MR) is 76.7 cm³/mol. The van der Waals surface area contributed by atoms with Gasteiger partial charge >= 0.3 is 0 Å². The monoisotopic (exact) mass is 279 g/mol. The van der Waals surface area contributed by atoms with Crippen LogP contribution in [0.15, 0.2) is 0 Å². The van der Waals surface area contributed by atoms with Crippen molar-refractivity contribution >= 4 is 11.8 Å². The first-order chi connectivity index (χ1) is 9.55. The van der Waals surface area contributed by atoms with E-state index in [1.807, 2.05) is 6.92 Å². The highest BCUT2D eigenvalue weighted by Crippen LogP contribution is 2.34. The number of rotatable bonds is 5. The summed E-state index contributed by atoms with van der Waals surface area (Å²) in [6, 6.07) is 1.61. The van der Waals surface area contributed by atoms with E-state index in [9.17, 15) is 14.9 Å². The third-order valence-corrected chi connectivity index (χ3v) is 3.90. The smallest absolute Gasteiger partial charge is 0.242 e. The van der Waals surface area contributed by atoms with E-state index in [-0.39, 0.29) is 11.8 Å². The number of carbonyl (C=O) groups excluding carboxylic acids is 2. The van der Waals surface area contributed by atoms with Gasteiger partial charge in [0.25, 0.3) is 0 Å². The second-order valence-corrected chi connectivity index (χ2v) is 5.59. The molecule has 1 aliphatic rings. The van der Waals surface area contributed by atoms with Crippen LogP contribution in [0.3, 0.4) is 0 Å². The molecule has 0 bridgehead atoms. The van der Waals surface area contributed by atoms with E-state index in [0.29, 0.717) is 19.4 Å². The van der Waals surface area contributed by atoms with Gasteiger partial charge in [0.05, 0.1) is 6.07 Å². The van der Waals surface area contributed by atoms with Crippen molar-refractivity contribution in [3.05, 3.63) is 0 Å². The van der Waals surface area contributed by atoms with E-state index >= 15 is 0 Å². The topological polar surface area (TPSA) is 82.0 Å². The number of amides is 2. The van der Waals surface area contributed by atoms with Gasteiger partial charge in [-0.25, -0.2) is 0 Å². The summed E-state index contributed by atoms with van der Waals surface area (Å²) in [5, 5.41) is 14.9. The Bertz CT molecular complexity index is 379. The fourth-order valence-electron chi connectivity index (χ4n) is 2.52. The number of nitriles is 1. The molecule has 2 N–H and O–H groups in total. The fraction of sp³-hybridized carbons (Fsp3) is 0.800. The van der Waals surface area contributed by atoms with Crippen LogP contribution in [0.1, 0.15) is 58.8 Å². The van der Waals surface area contributed by atoms with E-state index < -0.39 is 11.5 Å². The quantitative estimate of drug-likeness (QED) is 0.754. The lowest BCUT2D eigenvalue weighted by Crippen LogP contribution is -2.50. The normalized spacial score (nSPS) is 19.2. The Morgan fingerprint density at radius 2 is 1.85 bits per heavy atom. The number of hydrogen-bond acceptors (Lipinski definition) is 3. The van der Waals surface area contributed by atoms with Gasteiger partial charge < -0.3 is 10.6 Å². The molecule has 0 radical (unpaired) electrons. The van der Waals surface area contributed by atoms with Gasteiger partial charge in [0.1, 0.15) is 11.5 Å². The van der Waals surface area contributed by atoms with Crippen molar-refractivity contribution in [3.63, 3.8) is 0 Å². The van der Waals surface area contributed by atoms with Crippen molar-refractivity contribution in [1.82, 2.24) is 10.6 Å². The maximum Gasteiger partial charge on any atom is 0.242 e. The minimum atomic E-state index is -0.949. The van der Waals surface area contributed by atoms with Crippen LogP contribution in [0, 0.1) is 16.7 Å². The van der Waals surface area contributed by atoms with Gasteiger partial charge in [0, 0.05) is 6.54 Å². The van der Waals surface area contributed by atoms with Crippen LogP contribution in [-0.4, -0.2) is 24.4 Å². The molecule has 0 aromatic heterocycles. The SMILES string of the molecule is CCCNC(=O)C(C)NC(=O)C1(C#N)CCCCCC1. The van der Waals surface area contributed by atoms with Crippen LogP contribution in [-0.2, 0) is 9.59 Å². The molecule has 1 aliphatic carbocycles. The van der Waals surface area contributed by atoms with E-state index in [1.165, 1.54) is 0 Å². The number of carbonyl (C=O) groups is 2. The molecule has 1 rings (SSSR count). The van der Waals surface area contributed by atoms with Crippen LogP contribution >= 0.6 is 0 Å². The molecule has 0 saturated heterocycles. The third kappa shape index (κ3) is 4.22. The van der Waals surface area contributed by atoms with Gasteiger partial charge in [0.2, 0.25) is 11.8 Å². The molecule has 1 unspecified atom stereocenters. The molecule has 0 heterocycles. The van der Waals surface area contributed by atoms with E-state index in [2.05, 4.69) is 16.7 Å². The molecule has 112 valence electrons. The van der Waals surface area contributed by atoms with Crippen LogP contribution < -0.4 is 10.6 Å². The summed E-state index contributed by atoms with van der Waals surface area (Å²) in [5.41, 5.74) is -0.949. The summed E-state index contributed by atoms with van der Waals surface area (Å²) in [5.74, 6) is -0.483. The molecule has 2 amide bonds. The molecular formula is C15H25N3O2. The molecule has 1 saturated carbocycles. The number of nitrogens with one attached hydrogen (secondary N) is 2. The minimum absolute atomic E-state index is 0.193. The molecular weight excluding hydrogens is 254 g/mol. The summed E-state index contributed by atoms with van der Waals surface area (Å²) in [6.45, 7) is 4.23. The highest BCUT2D eigenvalue weighted by Gasteiger charge is 2.39. The standard InChI is InChI=1S/C15H25N3O2/c1-3-10-17-13(19)12(2)18-14(20)15(11-16)8-6-4-5-7-9-15/h12H,3-10H2,1-2H3,(H,17,19)(H,18,20). The lowest BCUT2D eigenvalue weighted by molar-refractivity contribution is -0.133. The summed E-state index contributed by atoms with van der Waals surface area (Å²) in [7, 11) is 0. The number of hydrogen-bond donors (Lipinski definition) is 2. The van der Waals surface area contributed by atoms with Crippen molar-refractivity contribution in [3.8, 4) is 6.07 Å². The first kappa shape index (κ1) is 16.5. The maximum absolute atomic E-state index is 12.4. The molecule has 5 nitrogen and oxygen atoms in total. The largest absolute Gasteiger partial charge is 0.354 e. The Labute approximate surface area is 121 Å². The van der Waals surface area contributed by atoms with Crippen molar-refractivity contribution in [2.75, 3.05) is 6.54 Å². The first-order valence-electron chi connectivity index (χ1n) is 7.55. The summed E-state index contributed by atoms with van der Waals surface area (Å²) in [6.07, 6.45) is 5.99. The van der Waals surface area contributed by atoms with Crippen LogP contribution in [0.4, 0.5) is 0 Å². The molecule has 1 fully saturated rings. The second kappa shape index (κ2) is 7.88. The lowest BCUT2D eigenvalue weighted by atomic mass is 9.81. The Morgan fingerprint density at radius 3 is 2.35 bits per heavy atom. The maximum atomic E-state index is 12.4. The Morgan fingerprint density at radius 1 is 1.25 bits per heavy atom. The van der Waals surface area contributed by atoms with Crippen molar-refractivity contribution in [2.45, 2.75) is 64.8 Å². The van der Waals surface area contributed by atoms with Crippen molar-refractivity contribution in [1.29, 1.82) is 5.26 Å². The Balaban J connectivity index is 2.63. The molecule has 0 aromatic carbocycles. The first-order valence-corrected chi connectivity index (χ1v) is 7.55. The van der Waals surface area contributed by atoms with Gasteiger partial charge in [-0.15, -0.1) is 0 Å². The van der Waals surface area contributed by atoms with Gasteiger partial charge in [-0.3, -0.25) is 9.59 Å². The highest BCUT2D eigenvalue weighted by atomic mass is 16.2. The summed E-state index contributed by atoms with van der Waals surface area (Å²) in [4.78, 5) is 24.2. The average Bonchev–Trinajstić information content (AvgIpc) is 2.70. The van der Waals surface area contributed by atoms with Crippen LogP contribution in [0.5, 0.6) is 0 Å². The Hall–Kier alpha value is -1.57. The van der Waals surface area contributed by atoms with Gasteiger partial charge in [-0.05, 0) is 26.2 Å². The molecule has 0 spiro atoms. The molecule has 20 heavy (non-hydrogen) atoms. The van der Waals surface area contributed by atoms with Crippen LogP contribution in [0.25, 0.3) is 0 Å². The molecule has 0 aromatic rings. The van der Waals surface area contributed by atoms with E-state index in [0.717, 1.165) is 32.1 Å². The summed E-state index contributed by atoms with van der Waals surface area (Å²) >= 11 is 0. The van der Waals surface area contributed by atoms with E-state index in [4.69, 9.17) is 0 Å². The van der Waals surface area contributed by atoms with Gasteiger partial charge in [-0.1, -0.05) is 32.6 Å². The fourth-order valence-corrected chi connectivity index (χ4v) is 2.52. The minimum Gasteiger partial charge on any atom is -0.354 e. The van der Waals surface area contributed by atoms with Gasteiger partial charge in [0.15, 0.2) is 0 Å². The third-order valence-electron chi connectivity index (χ3n) is 3.90. The molecule has 5 heteroatoms. The second-order valence-electron chi connectivity index (χ2n) is 5.59. The molecule has 1 atom stereocenters. The van der Waals surface area contributed by atoms with E-state index in [1.54, 1.807) is 6.92 Å². The van der Waals surface area contributed by atoms with Gasteiger partial charge in [-0.2, -0.15) is 5.26 Å². The lowest BCUT2D eigenvalue weighted by Gasteiger charge is -2.25. The zero-order chi connectivity index (χ0) is 15.0. The average molecular weight is 279 g/mol.